The van der Waals surface area contributed by atoms with E-state index in [9.17, 15) is 0 Å². The average molecular weight is 214 g/mol. The summed E-state index contributed by atoms with van der Waals surface area (Å²) in [5.74, 6) is 0. The Labute approximate surface area is 96.3 Å². The van der Waals surface area contributed by atoms with Crippen LogP contribution in [0.3, 0.4) is 0 Å². The molecule has 0 radical (unpaired) electrons. The highest BCUT2D eigenvalue weighted by Crippen LogP contribution is 2.24. The second-order valence-electron chi connectivity index (χ2n) is 4.84. The van der Waals surface area contributed by atoms with Crippen molar-refractivity contribution in [3.05, 3.63) is 36.0 Å². The number of para-hydroxylation sites is 1. The predicted octanol–water partition coefficient (Wildman–Crippen LogP) is 2.80. The van der Waals surface area contributed by atoms with Gasteiger partial charge in [0.2, 0.25) is 0 Å². The topological polar surface area (TPSA) is 19.0 Å². The highest BCUT2D eigenvalue weighted by molar-refractivity contribution is 5.83. The van der Waals surface area contributed by atoms with Crippen molar-refractivity contribution >= 4 is 10.9 Å². The van der Waals surface area contributed by atoms with Crippen LogP contribution in [0.2, 0.25) is 0 Å². The Bertz CT molecular complexity index is 486. The van der Waals surface area contributed by atoms with Gasteiger partial charge in [-0.3, -0.25) is 0 Å². The quantitative estimate of drug-likeness (QED) is 0.814. The molecule has 0 spiro atoms. The van der Waals surface area contributed by atoms with E-state index >= 15 is 0 Å². The van der Waals surface area contributed by atoms with Crippen LogP contribution in [-0.2, 0) is 6.42 Å². The molecule has 1 fully saturated rings. The Morgan fingerprint density at radius 2 is 2.25 bits per heavy atom. The van der Waals surface area contributed by atoms with E-state index in [-0.39, 0.29) is 0 Å². The molecule has 2 heteroatoms. The lowest BCUT2D eigenvalue weighted by Gasteiger charge is -2.18. The van der Waals surface area contributed by atoms with E-state index in [1.54, 1.807) is 0 Å². The monoisotopic (exact) mass is 214 g/mol. The van der Waals surface area contributed by atoms with Gasteiger partial charge in [-0.1, -0.05) is 18.2 Å². The molecule has 2 aromatic rings. The van der Waals surface area contributed by atoms with Crippen molar-refractivity contribution in [3.8, 4) is 0 Å². The zero-order valence-corrected chi connectivity index (χ0v) is 9.74. The standard InChI is InChI=1S/C14H18N2/c1-16-8-4-5-12(16)9-11-10-15-14-7-3-2-6-13(11)14/h2-3,6-7,10,12,15H,4-5,8-9H2,1H3/t12-/m1/s1. The van der Waals surface area contributed by atoms with E-state index < -0.39 is 0 Å². The number of aromatic amines is 1. The second-order valence-corrected chi connectivity index (χ2v) is 4.84. The molecule has 0 unspecified atom stereocenters. The van der Waals surface area contributed by atoms with Crippen LogP contribution in [0, 0.1) is 0 Å². The van der Waals surface area contributed by atoms with Gasteiger partial charge in [-0.25, -0.2) is 0 Å². The summed E-state index contributed by atoms with van der Waals surface area (Å²) >= 11 is 0. The molecule has 1 saturated heterocycles. The fraction of sp³-hybridized carbons (Fsp3) is 0.429. The van der Waals surface area contributed by atoms with E-state index in [0.29, 0.717) is 0 Å². The summed E-state index contributed by atoms with van der Waals surface area (Å²) in [6.07, 6.45) is 6.05. The van der Waals surface area contributed by atoms with E-state index in [1.165, 1.54) is 42.3 Å². The van der Waals surface area contributed by atoms with Gasteiger partial charge in [0.15, 0.2) is 0 Å². The molecule has 2 nitrogen and oxygen atoms in total. The number of nitrogens with zero attached hydrogens (tertiary/aromatic N) is 1. The van der Waals surface area contributed by atoms with Crippen LogP contribution in [0.25, 0.3) is 10.9 Å². The molecule has 1 aromatic carbocycles. The SMILES string of the molecule is CN1CCC[C@@H]1Cc1c[nH]c2ccccc12. The normalized spacial score (nSPS) is 21.9. The molecule has 1 aromatic heterocycles. The zero-order valence-electron chi connectivity index (χ0n) is 9.74. The first kappa shape index (κ1) is 9.91. The fourth-order valence-electron chi connectivity index (χ4n) is 2.79. The Balaban J connectivity index is 1.89. The summed E-state index contributed by atoms with van der Waals surface area (Å²) in [5, 5.41) is 1.39. The first-order chi connectivity index (χ1) is 7.84. The molecule has 0 bridgehead atoms. The van der Waals surface area contributed by atoms with E-state index in [0.717, 1.165) is 6.04 Å². The third-order valence-corrected chi connectivity index (χ3v) is 3.80. The van der Waals surface area contributed by atoms with Gasteiger partial charge in [-0.05, 0) is 44.5 Å². The van der Waals surface area contributed by atoms with Crippen LogP contribution in [0.4, 0.5) is 0 Å². The van der Waals surface area contributed by atoms with Crippen molar-refractivity contribution in [2.45, 2.75) is 25.3 Å². The van der Waals surface area contributed by atoms with Crippen LogP contribution in [0.15, 0.2) is 30.5 Å². The number of hydrogen-bond donors (Lipinski definition) is 1. The van der Waals surface area contributed by atoms with Crippen molar-refractivity contribution < 1.29 is 0 Å². The van der Waals surface area contributed by atoms with Crippen LogP contribution in [0.1, 0.15) is 18.4 Å². The fourth-order valence-corrected chi connectivity index (χ4v) is 2.79. The maximum Gasteiger partial charge on any atom is 0.0456 e. The molecule has 2 heterocycles. The lowest BCUT2D eigenvalue weighted by atomic mass is 10.0. The molecule has 0 amide bonds. The molecule has 1 aliphatic rings. The molecule has 1 aliphatic heterocycles. The molecule has 1 atom stereocenters. The van der Waals surface area contributed by atoms with Gasteiger partial charge in [0.1, 0.15) is 0 Å². The van der Waals surface area contributed by atoms with E-state index in [4.69, 9.17) is 0 Å². The molecule has 0 saturated carbocycles. The summed E-state index contributed by atoms with van der Waals surface area (Å²) in [5.41, 5.74) is 2.73. The van der Waals surface area contributed by atoms with E-state index in [2.05, 4.69) is 47.4 Å². The lowest BCUT2D eigenvalue weighted by Crippen LogP contribution is -2.26. The number of fused-ring (bicyclic) bond motifs is 1. The predicted molar refractivity (Wildman–Crippen MR) is 67.7 cm³/mol. The summed E-state index contributed by atoms with van der Waals surface area (Å²) in [4.78, 5) is 5.85. The summed E-state index contributed by atoms with van der Waals surface area (Å²) in [6.45, 7) is 1.26. The first-order valence-electron chi connectivity index (χ1n) is 6.10. The highest BCUT2D eigenvalue weighted by Gasteiger charge is 2.21. The number of likely N-dealkylation sites (N-methyl/N-ethyl adjacent to an activating group) is 1. The average Bonchev–Trinajstić information content (AvgIpc) is 2.88. The molecule has 3 rings (SSSR count). The van der Waals surface area contributed by atoms with Crippen LogP contribution < -0.4 is 0 Å². The summed E-state index contributed by atoms with van der Waals surface area (Å²) in [7, 11) is 2.24. The minimum atomic E-state index is 0.735. The number of hydrogen-bond acceptors (Lipinski definition) is 1. The second kappa shape index (κ2) is 3.95. The van der Waals surface area contributed by atoms with Crippen molar-refractivity contribution in [1.82, 2.24) is 9.88 Å². The molecule has 0 aliphatic carbocycles. The molecular formula is C14H18N2. The Morgan fingerprint density at radius 1 is 1.38 bits per heavy atom. The van der Waals surface area contributed by atoms with E-state index in [1.807, 2.05) is 0 Å². The summed E-state index contributed by atoms with van der Waals surface area (Å²) < 4.78 is 0. The van der Waals surface area contributed by atoms with Crippen LogP contribution in [-0.4, -0.2) is 29.5 Å². The molecule has 1 N–H and O–H groups in total. The van der Waals surface area contributed by atoms with Gasteiger partial charge in [-0.15, -0.1) is 0 Å². The maximum atomic E-state index is 3.36. The smallest absolute Gasteiger partial charge is 0.0456 e. The number of nitrogens with one attached hydrogen (secondary N) is 1. The largest absolute Gasteiger partial charge is 0.361 e. The molecule has 16 heavy (non-hydrogen) atoms. The maximum absolute atomic E-state index is 3.36. The Hall–Kier alpha value is -1.28. The third-order valence-electron chi connectivity index (χ3n) is 3.80. The first-order valence-corrected chi connectivity index (χ1v) is 6.10. The van der Waals surface area contributed by atoms with Crippen molar-refractivity contribution in [2.75, 3.05) is 13.6 Å². The van der Waals surface area contributed by atoms with Crippen LogP contribution in [0.5, 0.6) is 0 Å². The number of likely N-dealkylation sites (tertiary alicyclic amines) is 1. The van der Waals surface area contributed by atoms with Gasteiger partial charge >= 0.3 is 0 Å². The van der Waals surface area contributed by atoms with Crippen molar-refractivity contribution in [2.24, 2.45) is 0 Å². The number of H-pyrrole nitrogens is 1. The molecular weight excluding hydrogens is 196 g/mol. The Morgan fingerprint density at radius 3 is 3.06 bits per heavy atom. The lowest BCUT2D eigenvalue weighted by molar-refractivity contribution is 0.310. The van der Waals surface area contributed by atoms with Gasteiger partial charge in [0, 0.05) is 23.1 Å². The zero-order chi connectivity index (χ0) is 11.0. The number of benzene rings is 1. The summed E-state index contributed by atoms with van der Waals surface area (Å²) in [6, 6.07) is 9.31. The van der Waals surface area contributed by atoms with Gasteiger partial charge in [0.25, 0.3) is 0 Å². The van der Waals surface area contributed by atoms with Crippen LogP contribution >= 0.6 is 0 Å². The molecule has 84 valence electrons. The highest BCUT2D eigenvalue weighted by atomic mass is 15.1. The van der Waals surface area contributed by atoms with Crippen molar-refractivity contribution in [3.63, 3.8) is 0 Å². The Kier molecular flexibility index (Phi) is 2.44. The van der Waals surface area contributed by atoms with Crippen molar-refractivity contribution in [1.29, 1.82) is 0 Å². The number of aromatic nitrogens is 1. The minimum absolute atomic E-state index is 0.735. The number of rotatable bonds is 2. The minimum Gasteiger partial charge on any atom is -0.361 e. The third kappa shape index (κ3) is 1.63. The van der Waals surface area contributed by atoms with Gasteiger partial charge in [-0.2, -0.15) is 0 Å². The van der Waals surface area contributed by atoms with Gasteiger partial charge < -0.3 is 9.88 Å². The van der Waals surface area contributed by atoms with Gasteiger partial charge in [0.05, 0.1) is 0 Å².